The van der Waals surface area contributed by atoms with Crippen molar-refractivity contribution >= 4 is 61.3 Å². The number of aryl methyl sites for hydroxylation is 1. The van der Waals surface area contributed by atoms with Crippen molar-refractivity contribution in [2.24, 2.45) is 0 Å². The Labute approximate surface area is 182 Å². The van der Waals surface area contributed by atoms with Gasteiger partial charge in [0.25, 0.3) is 0 Å². The molecule has 0 bridgehead atoms. The van der Waals surface area contributed by atoms with E-state index in [0.717, 1.165) is 27.0 Å². The SMILES string of the molecule is CC(=O)N(c1nc(C=C(C#N)c2nc3ccccc3s2)cs1)c1cccc(C)c1C. The van der Waals surface area contributed by atoms with Gasteiger partial charge in [-0.05, 0) is 49.2 Å². The van der Waals surface area contributed by atoms with E-state index in [1.165, 1.54) is 29.6 Å². The number of rotatable bonds is 4. The summed E-state index contributed by atoms with van der Waals surface area (Å²) in [6.45, 7) is 5.54. The normalized spacial score (nSPS) is 11.5. The molecule has 2 aromatic carbocycles. The average Bonchev–Trinajstić information content (AvgIpc) is 3.36. The van der Waals surface area contributed by atoms with Gasteiger partial charge in [-0.1, -0.05) is 24.3 Å². The molecule has 0 radical (unpaired) electrons. The molecule has 0 aliphatic rings. The summed E-state index contributed by atoms with van der Waals surface area (Å²) in [5, 5.41) is 12.8. The maximum atomic E-state index is 12.4. The average molecular weight is 431 g/mol. The highest BCUT2D eigenvalue weighted by Gasteiger charge is 2.20. The number of amides is 1. The number of carbonyl (C=O) groups is 1. The number of fused-ring (bicyclic) bond motifs is 1. The summed E-state index contributed by atoms with van der Waals surface area (Å²) in [6, 6.07) is 15.9. The summed E-state index contributed by atoms with van der Waals surface area (Å²) in [6.07, 6.45) is 1.72. The van der Waals surface area contributed by atoms with Crippen LogP contribution >= 0.6 is 22.7 Å². The monoisotopic (exact) mass is 430 g/mol. The Hall–Kier alpha value is -3.34. The first-order chi connectivity index (χ1) is 14.5. The van der Waals surface area contributed by atoms with Gasteiger partial charge in [0.05, 0.1) is 27.2 Å². The Balaban J connectivity index is 1.72. The highest BCUT2D eigenvalue weighted by atomic mass is 32.1. The fourth-order valence-electron chi connectivity index (χ4n) is 3.11. The third-order valence-corrected chi connectivity index (χ3v) is 6.68. The van der Waals surface area contributed by atoms with Crippen molar-refractivity contribution in [2.45, 2.75) is 20.8 Å². The second-order valence-corrected chi connectivity index (χ2v) is 8.65. The molecular formula is C23H18N4OS2. The Morgan fingerprint density at radius 1 is 1.13 bits per heavy atom. The van der Waals surface area contributed by atoms with E-state index in [1.807, 2.05) is 61.7 Å². The number of carbonyl (C=O) groups excluding carboxylic acids is 1. The van der Waals surface area contributed by atoms with Gasteiger partial charge in [0.1, 0.15) is 11.1 Å². The molecule has 4 rings (SSSR count). The zero-order valence-electron chi connectivity index (χ0n) is 16.7. The number of hydrogen-bond donors (Lipinski definition) is 0. The molecule has 7 heteroatoms. The number of hydrogen-bond acceptors (Lipinski definition) is 6. The van der Waals surface area contributed by atoms with Gasteiger partial charge >= 0.3 is 0 Å². The number of allylic oxidation sites excluding steroid dienone is 1. The standard InChI is InChI=1S/C23H18N4OS2/c1-14-7-6-9-20(15(14)2)27(16(3)28)23-25-18(13-29-23)11-17(12-24)22-26-19-8-4-5-10-21(19)30-22/h4-11,13H,1-3H3. The van der Waals surface area contributed by atoms with Crippen LogP contribution in [0.1, 0.15) is 28.8 Å². The molecule has 0 fully saturated rings. The highest BCUT2D eigenvalue weighted by molar-refractivity contribution is 7.19. The van der Waals surface area contributed by atoms with Crippen LogP contribution in [0.4, 0.5) is 10.8 Å². The van der Waals surface area contributed by atoms with E-state index < -0.39 is 0 Å². The number of nitriles is 1. The van der Waals surface area contributed by atoms with Crippen molar-refractivity contribution in [2.75, 3.05) is 4.90 Å². The molecule has 2 aromatic heterocycles. The van der Waals surface area contributed by atoms with Crippen molar-refractivity contribution in [3.05, 3.63) is 69.7 Å². The molecular weight excluding hydrogens is 412 g/mol. The Morgan fingerprint density at radius 2 is 1.93 bits per heavy atom. The topological polar surface area (TPSA) is 69.9 Å². The summed E-state index contributed by atoms with van der Waals surface area (Å²) < 4.78 is 1.03. The van der Waals surface area contributed by atoms with Gasteiger partial charge < -0.3 is 0 Å². The number of nitrogens with zero attached hydrogens (tertiary/aromatic N) is 4. The molecule has 0 N–H and O–H groups in total. The largest absolute Gasteiger partial charge is 0.274 e. The van der Waals surface area contributed by atoms with Crippen LogP contribution in [0.3, 0.4) is 0 Å². The zero-order chi connectivity index (χ0) is 21.3. The number of aromatic nitrogens is 2. The van der Waals surface area contributed by atoms with Crippen LogP contribution in [0.5, 0.6) is 0 Å². The third kappa shape index (κ3) is 3.75. The molecule has 0 atom stereocenters. The van der Waals surface area contributed by atoms with E-state index >= 15 is 0 Å². The minimum absolute atomic E-state index is 0.111. The van der Waals surface area contributed by atoms with Gasteiger partial charge in [0, 0.05) is 12.3 Å². The molecule has 2 heterocycles. The lowest BCUT2D eigenvalue weighted by molar-refractivity contribution is -0.115. The van der Waals surface area contributed by atoms with Gasteiger partial charge in [-0.2, -0.15) is 5.26 Å². The Kier molecular flexibility index (Phi) is 5.44. The predicted octanol–water partition coefficient (Wildman–Crippen LogP) is 6.12. The molecule has 0 aliphatic carbocycles. The first-order valence-corrected chi connectivity index (χ1v) is 11.0. The van der Waals surface area contributed by atoms with Crippen LogP contribution in [0.25, 0.3) is 21.9 Å². The minimum atomic E-state index is -0.111. The van der Waals surface area contributed by atoms with Gasteiger partial charge in [-0.25, -0.2) is 9.97 Å². The van der Waals surface area contributed by atoms with E-state index in [-0.39, 0.29) is 5.91 Å². The number of benzene rings is 2. The van der Waals surface area contributed by atoms with Gasteiger partial charge in [0.15, 0.2) is 5.13 Å². The van der Waals surface area contributed by atoms with Crippen molar-refractivity contribution < 1.29 is 4.79 Å². The zero-order valence-corrected chi connectivity index (χ0v) is 18.3. The maximum Gasteiger partial charge on any atom is 0.230 e. The van der Waals surface area contributed by atoms with E-state index in [2.05, 4.69) is 16.0 Å². The van der Waals surface area contributed by atoms with Crippen LogP contribution in [0.2, 0.25) is 0 Å². The first-order valence-electron chi connectivity index (χ1n) is 9.28. The molecule has 0 saturated heterocycles. The number of anilines is 2. The second-order valence-electron chi connectivity index (χ2n) is 6.78. The van der Waals surface area contributed by atoms with Crippen LogP contribution in [-0.4, -0.2) is 15.9 Å². The number of thiazole rings is 2. The molecule has 148 valence electrons. The Bertz CT molecular complexity index is 1290. The van der Waals surface area contributed by atoms with Crippen LogP contribution in [-0.2, 0) is 4.79 Å². The van der Waals surface area contributed by atoms with E-state index in [0.29, 0.717) is 21.4 Å². The van der Waals surface area contributed by atoms with Crippen molar-refractivity contribution in [1.82, 2.24) is 9.97 Å². The molecule has 30 heavy (non-hydrogen) atoms. The van der Waals surface area contributed by atoms with Crippen molar-refractivity contribution in [1.29, 1.82) is 5.26 Å². The fraction of sp³-hybridized carbons (Fsp3) is 0.130. The first kappa shape index (κ1) is 20.0. The Morgan fingerprint density at radius 3 is 2.67 bits per heavy atom. The summed E-state index contributed by atoms with van der Waals surface area (Å²) in [7, 11) is 0. The van der Waals surface area contributed by atoms with E-state index in [4.69, 9.17) is 0 Å². The maximum absolute atomic E-state index is 12.4. The molecule has 4 aromatic rings. The molecule has 0 unspecified atom stereocenters. The quantitative estimate of drug-likeness (QED) is 0.366. The molecule has 0 spiro atoms. The fourth-order valence-corrected chi connectivity index (χ4v) is 4.88. The summed E-state index contributed by atoms with van der Waals surface area (Å²) >= 11 is 2.85. The van der Waals surface area contributed by atoms with E-state index in [1.54, 1.807) is 11.0 Å². The molecule has 5 nitrogen and oxygen atoms in total. The van der Waals surface area contributed by atoms with Gasteiger partial charge in [-0.3, -0.25) is 9.69 Å². The smallest absolute Gasteiger partial charge is 0.230 e. The van der Waals surface area contributed by atoms with Gasteiger partial charge in [0.2, 0.25) is 5.91 Å². The lowest BCUT2D eigenvalue weighted by Crippen LogP contribution is -2.23. The minimum Gasteiger partial charge on any atom is -0.274 e. The second kappa shape index (κ2) is 8.19. The van der Waals surface area contributed by atoms with Crippen LogP contribution in [0.15, 0.2) is 47.8 Å². The van der Waals surface area contributed by atoms with Crippen LogP contribution in [0, 0.1) is 25.2 Å². The number of para-hydroxylation sites is 1. The predicted molar refractivity (Wildman–Crippen MR) is 124 cm³/mol. The van der Waals surface area contributed by atoms with E-state index in [9.17, 15) is 10.1 Å². The molecule has 1 amide bonds. The molecule has 0 aliphatic heterocycles. The van der Waals surface area contributed by atoms with Crippen LogP contribution < -0.4 is 4.90 Å². The lowest BCUT2D eigenvalue weighted by Gasteiger charge is -2.21. The summed E-state index contributed by atoms with van der Waals surface area (Å²) in [5.74, 6) is -0.111. The molecule has 0 saturated carbocycles. The van der Waals surface area contributed by atoms with Gasteiger partial charge in [-0.15, -0.1) is 22.7 Å². The van der Waals surface area contributed by atoms with Crippen molar-refractivity contribution in [3.63, 3.8) is 0 Å². The third-order valence-electron chi connectivity index (χ3n) is 4.77. The summed E-state index contributed by atoms with van der Waals surface area (Å²) in [5.41, 5.74) is 4.91. The lowest BCUT2D eigenvalue weighted by atomic mass is 10.1. The van der Waals surface area contributed by atoms with Crippen molar-refractivity contribution in [3.8, 4) is 6.07 Å². The summed E-state index contributed by atoms with van der Waals surface area (Å²) in [4.78, 5) is 23.2. The highest BCUT2D eigenvalue weighted by Crippen LogP contribution is 2.34.